The molecule has 1 aromatic heterocycles. The molecule has 0 spiro atoms. The summed E-state index contributed by atoms with van der Waals surface area (Å²) in [6.45, 7) is 0. The number of aromatic nitrogens is 2. The molecule has 154 valence electrons. The lowest BCUT2D eigenvalue weighted by Crippen LogP contribution is -2.23. The van der Waals surface area contributed by atoms with Gasteiger partial charge in [0, 0.05) is 28.2 Å². The van der Waals surface area contributed by atoms with E-state index in [9.17, 15) is 13.2 Å². The molecule has 1 amide bonds. The van der Waals surface area contributed by atoms with Crippen LogP contribution in [0, 0.1) is 0 Å². The van der Waals surface area contributed by atoms with Gasteiger partial charge in [-0.1, -0.05) is 23.9 Å². The maximum atomic E-state index is 12.5. The third kappa shape index (κ3) is 4.72. The van der Waals surface area contributed by atoms with Crippen LogP contribution in [0.2, 0.25) is 0 Å². The number of rotatable bonds is 7. The highest BCUT2D eigenvalue weighted by Gasteiger charge is 2.20. The molecule has 3 aromatic rings. The maximum Gasteiger partial charge on any atom is 0.242 e. The number of sulfonamides is 1. The number of imidazole rings is 1. The van der Waals surface area contributed by atoms with E-state index < -0.39 is 10.0 Å². The van der Waals surface area contributed by atoms with Crippen molar-refractivity contribution in [3.63, 3.8) is 0 Å². The summed E-state index contributed by atoms with van der Waals surface area (Å²) in [6, 6.07) is 12.3. The number of aromatic amines is 1. The van der Waals surface area contributed by atoms with E-state index in [1.807, 2.05) is 43.3 Å². The molecular weight excluding hydrogens is 410 g/mol. The minimum atomic E-state index is -3.60. The van der Waals surface area contributed by atoms with Crippen LogP contribution in [0.25, 0.3) is 11.0 Å². The lowest BCUT2D eigenvalue weighted by molar-refractivity contribution is -0.113. The Hall–Kier alpha value is -2.56. The molecule has 0 atom stereocenters. The van der Waals surface area contributed by atoms with Gasteiger partial charge >= 0.3 is 0 Å². The third-order valence-electron chi connectivity index (χ3n) is 4.21. The summed E-state index contributed by atoms with van der Waals surface area (Å²) in [4.78, 5) is 22.1. The first-order chi connectivity index (χ1) is 13.7. The highest BCUT2D eigenvalue weighted by atomic mass is 32.2. The molecule has 2 N–H and O–H groups in total. The van der Waals surface area contributed by atoms with Crippen LogP contribution in [0.15, 0.2) is 52.5 Å². The van der Waals surface area contributed by atoms with Crippen molar-refractivity contribution in [2.24, 2.45) is 0 Å². The molecule has 3 rings (SSSR count). The van der Waals surface area contributed by atoms with E-state index >= 15 is 0 Å². The average molecular weight is 434 g/mol. The smallest absolute Gasteiger partial charge is 0.242 e. The number of H-pyrrole nitrogens is 1. The molecule has 0 aliphatic heterocycles. The summed E-state index contributed by atoms with van der Waals surface area (Å²) in [6.07, 6.45) is 0. The van der Waals surface area contributed by atoms with Crippen LogP contribution >= 0.6 is 11.8 Å². The van der Waals surface area contributed by atoms with Crippen molar-refractivity contribution in [3.8, 4) is 0 Å². The number of nitrogens with one attached hydrogen (secondary N) is 2. The summed E-state index contributed by atoms with van der Waals surface area (Å²) < 4.78 is 26.0. The zero-order valence-electron chi connectivity index (χ0n) is 16.6. The van der Waals surface area contributed by atoms with Crippen LogP contribution in [-0.4, -0.2) is 62.5 Å². The largest absolute Gasteiger partial charge is 0.376 e. The van der Waals surface area contributed by atoms with Gasteiger partial charge in [0.05, 0.1) is 33.1 Å². The number of nitrogens with zero attached hydrogens (tertiary/aromatic N) is 3. The van der Waals surface area contributed by atoms with Gasteiger partial charge in [-0.3, -0.25) is 4.79 Å². The number of amides is 1. The first kappa shape index (κ1) is 21.2. The topological polar surface area (TPSA) is 98.4 Å². The van der Waals surface area contributed by atoms with Crippen molar-refractivity contribution in [3.05, 3.63) is 42.5 Å². The van der Waals surface area contributed by atoms with E-state index in [4.69, 9.17) is 0 Å². The second-order valence-electron chi connectivity index (χ2n) is 6.76. The van der Waals surface area contributed by atoms with Gasteiger partial charge in [0.2, 0.25) is 15.9 Å². The summed E-state index contributed by atoms with van der Waals surface area (Å²) in [5, 5.41) is 3.47. The molecular formula is C19H23N5O3S2. The molecule has 0 bridgehead atoms. The van der Waals surface area contributed by atoms with Crippen LogP contribution in [-0.2, 0) is 14.8 Å². The fourth-order valence-electron chi connectivity index (χ4n) is 2.69. The Morgan fingerprint density at radius 3 is 2.52 bits per heavy atom. The zero-order chi connectivity index (χ0) is 21.2. The van der Waals surface area contributed by atoms with Gasteiger partial charge in [-0.25, -0.2) is 17.7 Å². The minimum Gasteiger partial charge on any atom is -0.376 e. The van der Waals surface area contributed by atoms with Crippen molar-refractivity contribution in [1.29, 1.82) is 0 Å². The minimum absolute atomic E-state index is 0.119. The fraction of sp³-hybridized carbons (Fsp3) is 0.263. The number of para-hydroxylation sites is 2. The van der Waals surface area contributed by atoms with Gasteiger partial charge in [0.25, 0.3) is 0 Å². The zero-order valence-corrected chi connectivity index (χ0v) is 18.3. The normalized spacial score (nSPS) is 11.8. The van der Waals surface area contributed by atoms with E-state index in [-0.39, 0.29) is 16.6 Å². The Morgan fingerprint density at radius 1 is 1.14 bits per heavy atom. The number of fused-ring (bicyclic) bond motifs is 1. The van der Waals surface area contributed by atoms with Crippen LogP contribution < -0.4 is 10.2 Å². The number of anilines is 2. The van der Waals surface area contributed by atoms with E-state index in [1.54, 1.807) is 6.07 Å². The van der Waals surface area contributed by atoms with Gasteiger partial charge < -0.3 is 15.2 Å². The van der Waals surface area contributed by atoms with Gasteiger partial charge in [0.15, 0.2) is 5.16 Å². The predicted molar refractivity (Wildman–Crippen MR) is 117 cm³/mol. The quantitative estimate of drug-likeness (QED) is 0.556. The summed E-state index contributed by atoms with van der Waals surface area (Å²) in [5.41, 5.74) is 2.90. The number of carbonyl (C=O) groups excluding carboxylic acids is 1. The lowest BCUT2D eigenvalue weighted by atomic mass is 10.2. The SMILES string of the molecule is CN(C)c1ccc(S(=O)(=O)N(C)C)cc1NC(=O)CSc1nc2ccccc2[nH]1. The van der Waals surface area contributed by atoms with Gasteiger partial charge in [-0.2, -0.15) is 0 Å². The number of thioether (sulfide) groups is 1. The highest BCUT2D eigenvalue weighted by Crippen LogP contribution is 2.29. The Morgan fingerprint density at radius 2 is 1.86 bits per heavy atom. The Labute approximate surface area is 174 Å². The number of hydrogen-bond acceptors (Lipinski definition) is 6. The summed E-state index contributed by atoms with van der Waals surface area (Å²) in [7, 11) is 2.99. The standard InChI is InChI=1S/C19H23N5O3S2/c1-23(2)17-10-9-13(29(26,27)24(3)4)11-16(17)20-18(25)12-28-19-21-14-7-5-6-8-15(14)22-19/h5-11H,12H2,1-4H3,(H,20,25)(H,21,22). The molecule has 0 aliphatic rings. The number of benzene rings is 2. The van der Waals surface area contributed by atoms with Gasteiger partial charge in [-0.05, 0) is 30.3 Å². The lowest BCUT2D eigenvalue weighted by Gasteiger charge is -2.20. The first-order valence-corrected chi connectivity index (χ1v) is 11.2. The molecule has 0 radical (unpaired) electrons. The molecule has 1 heterocycles. The van der Waals surface area contributed by atoms with E-state index in [0.29, 0.717) is 16.5 Å². The summed E-state index contributed by atoms with van der Waals surface area (Å²) in [5.74, 6) is -0.116. The van der Waals surface area contributed by atoms with Crippen LogP contribution in [0.4, 0.5) is 11.4 Å². The second kappa shape index (κ2) is 8.44. The third-order valence-corrected chi connectivity index (χ3v) is 6.89. The van der Waals surface area contributed by atoms with Crippen molar-refractivity contribution < 1.29 is 13.2 Å². The maximum absolute atomic E-state index is 12.5. The molecule has 0 saturated heterocycles. The van der Waals surface area contributed by atoms with Crippen molar-refractivity contribution in [2.45, 2.75) is 10.1 Å². The second-order valence-corrected chi connectivity index (χ2v) is 9.87. The van der Waals surface area contributed by atoms with Crippen molar-refractivity contribution in [1.82, 2.24) is 14.3 Å². The first-order valence-electron chi connectivity index (χ1n) is 8.80. The molecule has 0 saturated carbocycles. The van der Waals surface area contributed by atoms with E-state index in [2.05, 4.69) is 15.3 Å². The van der Waals surface area contributed by atoms with Crippen LogP contribution in [0.5, 0.6) is 0 Å². The number of carbonyl (C=O) groups is 1. The van der Waals surface area contributed by atoms with Crippen molar-refractivity contribution in [2.75, 3.05) is 44.2 Å². The molecule has 10 heteroatoms. The highest BCUT2D eigenvalue weighted by molar-refractivity contribution is 7.99. The fourth-order valence-corrected chi connectivity index (χ4v) is 4.31. The molecule has 2 aromatic carbocycles. The molecule has 8 nitrogen and oxygen atoms in total. The molecule has 0 unspecified atom stereocenters. The van der Waals surface area contributed by atoms with Gasteiger partial charge in [-0.15, -0.1) is 0 Å². The van der Waals surface area contributed by atoms with E-state index in [1.165, 1.54) is 38.0 Å². The van der Waals surface area contributed by atoms with Crippen LogP contribution in [0.3, 0.4) is 0 Å². The molecule has 0 fully saturated rings. The predicted octanol–water partition coefficient (Wildman–Crippen LogP) is 2.61. The Bertz CT molecular complexity index is 1110. The Kier molecular flexibility index (Phi) is 6.15. The molecule has 0 aliphatic carbocycles. The molecule has 29 heavy (non-hydrogen) atoms. The average Bonchev–Trinajstić information content (AvgIpc) is 3.09. The van der Waals surface area contributed by atoms with Crippen LogP contribution in [0.1, 0.15) is 0 Å². The van der Waals surface area contributed by atoms with Crippen molar-refractivity contribution >= 4 is 50.1 Å². The number of hydrogen-bond donors (Lipinski definition) is 2. The van der Waals surface area contributed by atoms with E-state index in [0.717, 1.165) is 15.3 Å². The Balaban J connectivity index is 1.77. The summed E-state index contributed by atoms with van der Waals surface area (Å²) >= 11 is 1.28. The van der Waals surface area contributed by atoms with Gasteiger partial charge in [0.1, 0.15) is 0 Å². The monoisotopic (exact) mass is 433 g/mol.